The molecule has 2 rings (SSSR count). The molecule has 2 aromatic rings. The average molecular weight is 406 g/mol. The van der Waals surface area contributed by atoms with Crippen LogP contribution in [0, 0.1) is 18.3 Å². The van der Waals surface area contributed by atoms with E-state index < -0.39 is 10.0 Å². The average Bonchev–Trinajstić information content (AvgIpc) is 3.09. The zero-order valence-corrected chi connectivity index (χ0v) is 17.4. The summed E-state index contributed by atoms with van der Waals surface area (Å²) in [6.45, 7) is 6.28. The van der Waals surface area contributed by atoms with Gasteiger partial charge in [-0.3, -0.25) is 0 Å². The summed E-state index contributed by atoms with van der Waals surface area (Å²) in [5.41, 5.74) is 2.51. The number of aromatic nitrogens is 1. The lowest BCUT2D eigenvalue weighted by Gasteiger charge is -2.19. The van der Waals surface area contributed by atoms with E-state index >= 15 is 0 Å². The van der Waals surface area contributed by atoms with Crippen LogP contribution in [0.15, 0.2) is 34.7 Å². The minimum Gasteiger partial charge on any atom is -0.386 e. The Hall–Kier alpha value is -2.41. The van der Waals surface area contributed by atoms with E-state index in [-0.39, 0.29) is 4.90 Å². The number of benzene rings is 1. The summed E-state index contributed by atoms with van der Waals surface area (Å²) in [6.07, 6.45) is 1.54. The first-order valence-corrected chi connectivity index (χ1v) is 10.8. The maximum absolute atomic E-state index is 12.8. The second-order valence-corrected chi connectivity index (χ2v) is 8.45. The second-order valence-electron chi connectivity index (χ2n) is 5.65. The van der Waals surface area contributed by atoms with Crippen molar-refractivity contribution in [3.05, 3.63) is 40.5 Å². The number of sulfonamides is 1. The van der Waals surface area contributed by atoms with E-state index in [0.717, 1.165) is 11.4 Å². The Morgan fingerprint density at radius 3 is 2.56 bits per heavy atom. The van der Waals surface area contributed by atoms with Crippen LogP contribution in [-0.4, -0.2) is 37.8 Å². The van der Waals surface area contributed by atoms with Crippen LogP contribution in [0.4, 0.5) is 11.4 Å². The molecule has 0 bridgehead atoms. The minimum atomic E-state index is -3.57. The van der Waals surface area contributed by atoms with Gasteiger partial charge in [-0.25, -0.2) is 13.4 Å². The van der Waals surface area contributed by atoms with E-state index in [4.69, 9.17) is 0 Å². The predicted molar refractivity (Wildman–Crippen MR) is 110 cm³/mol. The Morgan fingerprint density at radius 2 is 2.04 bits per heavy atom. The molecule has 1 aromatic heterocycles. The highest BCUT2D eigenvalue weighted by molar-refractivity contribution is 7.89. The van der Waals surface area contributed by atoms with Gasteiger partial charge in [0.2, 0.25) is 10.0 Å². The lowest BCUT2D eigenvalue weighted by Crippen LogP contribution is -2.30. The highest BCUT2D eigenvalue weighted by Crippen LogP contribution is 2.28. The second kappa shape index (κ2) is 8.99. The molecule has 2 N–H and O–H groups in total. The molecule has 7 nitrogen and oxygen atoms in total. The number of anilines is 2. The van der Waals surface area contributed by atoms with Gasteiger partial charge in [0.25, 0.3) is 0 Å². The van der Waals surface area contributed by atoms with Gasteiger partial charge in [0, 0.05) is 37.4 Å². The van der Waals surface area contributed by atoms with Gasteiger partial charge in [0.15, 0.2) is 0 Å². The van der Waals surface area contributed by atoms with Crippen LogP contribution in [0.1, 0.15) is 24.5 Å². The van der Waals surface area contributed by atoms with Crippen molar-refractivity contribution in [2.45, 2.75) is 25.7 Å². The highest BCUT2D eigenvalue weighted by atomic mass is 32.2. The van der Waals surface area contributed by atoms with Crippen molar-refractivity contribution in [1.82, 2.24) is 9.29 Å². The van der Waals surface area contributed by atoms with Crippen LogP contribution >= 0.6 is 11.3 Å². The first kappa shape index (κ1) is 20.9. The van der Waals surface area contributed by atoms with Crippen LogP contribution in [-0.2, 0) is 10.0 Å². The van der Waals surface area contributed by atoms with Gasteiger partial charge in [0.05, 0.1) is 16.3 Å². The van der Waals surface area contributed by atoms with Crippen molar-refractivity contribution in [2.75, 3.05) is 30.8 Å². The molecule has 0 spiro atoms. The van der Waals surface area contributed by atoms with Crippen LogP contribution < -0.4 is 10.6 Å². The van der Waals surface area contributed by atoms with Crippen LogP contribution in [0.5, 0.6) is 0 Å². The van der Waals surface area contributed by atoms with Crippen molar-refractivity contribution >= 4 is 38.3 Å². The first-order valence-electron chi connectivity index (χ1n) is 8.48. The molecule has 0 radical (unpaired) electrons. The SMILES string of the molecule is CCN(CC)S(=O)(=O)c1ccc(NC)c(N/C=C(\C#N)c2nc(C)cs2)c1. The molecule has 27 heavy (non-hydrogen) atoms. The van der Waals surface area contributed by atoms with Crippen molar-refractivity contribution in [3.8, 4) is 6.07 Å². The maximum Gasteiger partial charge on any atom is 0.243 e. The maximum atomic E-state index is 12.8. The molecule has 1 aromatic carbocycles. The van der Waals surface area contributed by atoms with Crippen LogP contribution in [0.2, 0.25) is 0 Å². The fourth-order valence-electron chi connectivity index (χ4n) is 2.50. The molecule has 0 aliphatic carbocycles. The molecule has 0 aliphatic rings. The molecular formula is C18H23N5O2S2. The summed E-state index contributed by atoms with van der Waals surface area (Å²) in [7, 11) is -1.82. The third-order valence-corrected chi connectivity index (χ3v) is 6.98. The summed E-state index contributed by atoms with van der Waals surface area (Å²) in [5.74, 6) is 0. The molecule has 0 unspecified atom stereocenters. The van der Waals surface area contributed by atoms with Gasteiger partial charge in [-0.2, -0.15) is 9.57 Å². The number of rotatable bonds is 8. The molecule has 0 amide bonds. The lowest BCUT2D eigenvalue weighted by atomic mass is 10.2. The van der Waals surface area contributed by atoms with Crippen molar-refractivity contribution in [2.24, 2.45) is 0 Å². The van der Waals surface area contributed by atoms with E-state index in [1.807, 2.05) is 12.3 Å². The first-order chi connectivity index (χ1) is 12.9. The Balaban J connectivity index is 2.41. The van der Waals surface area contributed by atoms with Crippen LogP contribution in [0.3, 0.4) is 0 Å². The third-order valence-electron chi connectivity index (χ3n) is 3.95. The fraction of sp³-hybridized carbons (Fsp3) is 0.333. The lowest BCUT2D eigenvalue weighted by molar-refractivity contribution is 0.445. The van der Waals surface area contributed by atoms with Gasteiger partial charge >= 0.3 is 0 Å². The number of nitriles is 1. The number of nitrogens with zero attached hydrogens (tertiary/aromatic N) is 3. The van der Waals surface area contributed by atoms with Crippen molar-refractivity contribution in [3.63, 3.8) is 0 Å². The number of allylic oxidation sites excluding steroid dienone is 1. The summed E-state index contributed by atoms with van der Waals surface area (Å²) >= 11 is 1.38. The topological polar surface area (TPSA) is 98.1 Å². The van der Waals surface area contributed by atoms with Gasteiger partial charge in [0.1, 0.15) is 16.6 Å². The molecule has 9 heteroatoms. The van der Waals surface area contributed by atoms with Crippen molar-refractivity contribution < 1.29 is 8.42 Å². The Labute approximate surface area is 164 Å². The number of nitrogens with one attached hydrogen (secondary N) is 2. The van der Waals surface area contributed by atoms with E-state index in [1.165, 1.54) is 15.6 Å². The van der Waals surface area contributed by atoms with E-state index in [0.29, 0.717) is 29.4 Å². The fourth-order valence-corrected chi connectivity index (χ4v) is 4.75. The number of hydrogen-bond donors (Lipinski definition) is 2. The van der Waals surface area contributed by atoms with E-state index in [1.54, 1.807) is 45.3 Å². The quantitative estimate of drug-likeness (QED) is 0.652. The summed E-state index contributed by atoms with van der Waals surface area (Å²) in [5, 5.41) is 18.0. The smallest absolute Gasteiger partial charge is 0.243 e. The summed E-state index contributed by atoms with van der Waals surface area (Å²) in [6, 6.07) is 6.96. The largest absolute Gasteiger partial charge is 0.386 e. The Kier molecular flexibility index (Phi) is 6.96. The molecule has 0 aliphatic heterocycles. The summed E-state index contributed by atoms with van der Waals surface area (Å²) in [4.78, 5) is 4.51. The zero-order valence-electron chi connectivity index (χ0n) is 15.8. The molecule has 1 heterocycles. The molecule has 0 atom stereocenters. The normalized spacial score (nSPS) is 12.1. The summed E-state index contributed by atoms with van der Waals surface area (Å²) < 4.78 is 26.9. The number of aryl methyl sites for hydroxylation is 1. The number of thiazole rings is 1. The number of hydrogen-bond acceptors (Lipinski definition) is 7. The molecule has 144 valence electrons. The molecular weight excluding hydrogens is 382 g/mol. The standard InChI is InChI=1S/C18H23N5O2S2/c1-5-23(6-2)27(24,25)15-7-8-16(20-4)17(9-15)21-11-14(10-19)18-22-13(3)12-26-18/h7-9,11-12,20-21H,5-6H2,1-4H3/b14-11+. The highest BCUT2D eigenvalue weighted by Gasteiger charge is 2.22. The van der Waals surface area contributed by atoms with Gasteiger partial charge in [-0.1, -0.05) is 13.8 Å². The Bertz CT molecular complexity index is 970. The predicted octanol–water partition coefficient (Wildman–Crippen LogP) is 3.50. The minimum absolute atomic E-state index is 0.199. The Morgan fingerprint density at radius 1 is 1.33 bits per heavy atom. The van der Waals surface area contributed by atoms with Crippen LogP contribution in [0.25, 0.3) is 5.57 Å². The van der Waals surface area contributed by atoms with Gasteiger partial charge in [-0.15, -0.1) is 11.3 Å². The molecule has 0 fully saturated rings. The van der Waals surface area contributed by atoms with E-state index in [9.17, 15) is 13.7 Å². The molecule has 0 saturated heterocycles. The van der Waals surface area contributed by atoms with Gasteiger partial charge < -0.3 is 10.6 Å². The monoisotopic (exact) mass is 405 g/mol. The van der Waals surface area contributed by atoms with Crippen molar-refractivity contribution in [1.29, 1.82) is 5.26 Å². The van der Waals surface area contributed by atoms with E-state index in [2.05, 4.69) is 21.7 Å². The zero-order chi connectivity index (χ0) is 20.0. The molecule has 0 saturated carbocycles. The third kappa shape index (κ3) is 4.66. The van der Waals surface area contributed by atoms with Gasteiger partial charge in [-0.05, 0) is 25.1 Å².